The molecular formula is C26H27N3O3S. The van der Waals surface area contributed by atoms with Gasteiger partial charge in [-0.15, -0.1) is 0 Å². The molecule has 4 rings (SSSR count). The number of aryl methyl sites for hydroxylation is 1. The van der Waals surface area contributed by atoms with Crippen molar-refractivity contribution < 1.29 is 13.2 Å². The SMILES string of the molecule is CC[C@@H](NC(=O)c1ccc2c(c1)nc(C)n2Cc1ccc(S(C)(=O)=O)cc1)c1ccccc1. The van der Waals surface area contributed by atoms with E-state index in [1.807, 2.05) is 67.6 Å². The number of hydrogen-bond acceptors (Lipinski definition) is 4. The fourth-order valence-corrected chi connectivity index (χ4v) is 4.59. The number of amides is 1. The molecular weight excluding hydrogens is 434 g/mol. The molecule has 0 aliphatic carbocycles. The van der Waals surface area contributed by atoms with E-state index in [2.05, 4.69) is 21.8 Å². The number of nitrogens with zero attached hydrogens (tertiary/aromatic N) is 2. The number of carbonyl (C=O) groups is 1. The first kappa shape index (κ1) is 22.7. The molecule has 3 aromatic carbocycles. The van der Waals surface area contributed by atoms with Crippen LogP contribution in [0.25, 0.3) is 11.0 Å². The predicted octanol–water partition coefficient (Wildman–Crippen LogP) is 4.68. The van der Waals surface area contributed by atoms with E-state index in [4.69, 9.17) is 0 Å². The lowest BCUT2D eigenvalue weighted by molar-refractivity contribution is 0.0935. The van der Waals surface area contributed by atoms with Crippen LogP contribution in [0.3, 0.4) is 0 Å². The van der Waals surface area contributed by atoms with Crippen LogP contribution >= 0.6 is 0 Å². The molecule has 0 saturated carbocycles. The second-order valence-corrected chi connectivity index (χ2v) is 10.2. The number of imidazole rings is 1. The zero-order chi connectivity index (χ0) is 23.6. The summed E-state index contributed by atoms with van der Waals surface area (Å²) in [5, 5.41) is 3.12. The smallest absolute Gasteiger partial charge is 0.251 e. The fourth-order valence-electron chi connectivity index (χ4n) is 3.96. The molecule has 1 N–H and O–H groups in total. The number of rotatable bonds is 7. The molecule has 0 saturated heterocycles. The highest BCUT2D eigenvalue weighted by Crippen LogP contribution is 2.22. The Morgan fingerprint density at radius 2 is 1.73 bits per heavy atom. The summed E-state index contributed by atoms with van der Waals surface area (Å²) >= 11 is 0. The number of nitrogens with one attached hydrogen (secondary N) is 1. The zero-order valence-electron chi connectivity index (χ0n) is 18.9. The summed E-state index contributed by atoms with van der Waals surface area (Å²) in [6.07, 6.45) is 2.00. The van der Waals surface area contributed by atoms with Gasteiger partial charge in [0.25, 0.3) is 5.91 Å². The van der Waals surface area contributed by atoms with E-state index in [0.29, 0.717) is 17.0 Å². The number of sulfone groups is 1. The van der Waals surface area contributed by atoms with E-state index in [-0.39, 0.29) is 11.9 Å². The molecule has 0 spiro atoms. The molecule has 1 aromatic heterocycles. The van der Waals surface area contributed by atoms with Gasteiger partial charge in [-0.3, -0.25) is 4.79 Å². The first-order chi connectivity index (χ1) is 15.8. The summed E-state index contributed by atoms with van der Waals surface area (Å²) in [4.78, 5) is 17.9. The van der Waals surface area contributed by atoms with Crippen molar-refractivity contribution in [2.45, 2.75) is 37.8 Å². The first-order valence-electron chi connectivity index (χ1n) is 10.9. The number of benzene rings is 3. The van der Waals surface area contributed by atoms with E-state index >= 15 is 0 Å². The van der Waals surface area contributed by atoms with Gasteiger partial charge in [-0.2, -0.15) is 0 Å². The summed E-state index contributed by atoms with van der Waals surface area (Å²) in [6.45, 7) is 4.53. The Labute approximate surface area is 194 Å². The Hall–Kier alpha value is -3.45. The molecule has 1 heterocycles. The number of aromatic nitrogens is 2. The molecule has 7 heteroatoms. The van der Waals surface area contributed by atoms with Gasteiger partial charge in [0, 0.05) is 18.4 Å². The minimum absolute atomic E-state index is 0.0522. The highest BCUT2D eigenvalue weighted by atomic mass is 32.2. The zero-order valence-corrected chi connectivity index (χ0v) is 19.8. The van der Waals surface area contributed by atoms with Crippen LogP contribution in [-0.2, 0) is 16.4 Å². The second-order valence-electron chi connectivity index (χ2n) is 8.21. The predicted molar refractivity (Wildman–Crippen MR) is 130 cm³/mol. The molecule has 0 unspecified atom stereocenters. The summed E-state index contributed by atoms with van der Waals surface area (Å²) in [6, 6.07) is 22.3. The van der Waals surface area contributed by atoms with E-state index in [1.165, 1.54) is 6.26 Å². The van der Waals surface area contributed by atoms with E-state index in [0.717, 1.165) is 34.4 Å². The minimum atomic E-state index is -3.22. The Morgan fingerprint density at radius 1 is 1.03 bits per heavy atom. The topological polar surface area (TPSA) is 81.1 Å². The lowest BCUT2D eigenvalue weighted by Gasteiger charge is -2.17. The van der Waals surface area contributed by atoms with Gasteiger partial charge in [0.1, 0.15) is 5.82 Å². The van der Waals surface area contributed by atoms with Gasteiger partial charge < -0.3 is 9.88 Å². The third kappa shape index (κ3) is 4.98. The third-order valence-corrected chi connectivity index (χ3v) is 6.94. The Bertz CT molecular complexity index is 1390. The fraction of sp³-hybridized carbons (Fsp3) is 0.231. The van der Waals surface area contributed by atoms with Gasteiger partial charge in [0.2, 0.25) is 0 Å². The lowest BCUT2D eigenvalue weighted by Crippen LogP contribution is -2.28. The van der Waals surface area contributed by atoms with E-state index < -0.39 is 9.84 Å². The molecule has 0 fully saturated rings. The van der Waals surface area contributed by atoms with Crippen molar-refractivity contribution in [1.29, 1.82) is 0 Å². The lowest BCUT2D eigenvalue weighted by atomic mass is 10.0. The summed E-state index contributed by atoms with van der Waals surface area (Å²) in [5.74, 6) is 0.696. The van der Waals surface area contributed by atoms with Gasteiger partial charge in [-0.05, 0) is 54.8 Å². The Balaban J connectivity index is 1.56. The monoisotopic (exact) mass is 461 g/mol. The van der Waals surface area contributed by atoms with Crippen LogP contribution in [0.2, 0.25) is 0 Å². The summed E-state index contributed by atoms with van der Waals surface area (Å²) < 4.78 is 25.5. The molecule has 170 valence electrons. The molecule has 0 aliphatic heterocycles. The van der Waals surface area contributed by atoms with Gasteiger partial charge in [0.15, 0.2) is 9.84 Å². The first-order valence-corrected chi connectivity index (χ1v) is 12.8. The molecule has 4 aromatic rings. The third-order valence-electron chi connectivity index (χ3n) is 5.81. The molecule has 1 atom stereocenters. The maximum absolute atomic E-state index is 12.9. The van der Waals surface area contributed by atoms with Crippen LogP contribution in [0.1, 0.15) is 46.7 Å². The molecule has 0 radical (unpaired) electrons. The van der Waals surface area contributed by atoms with Gasteiger partial charge in [-0.1, -0.05) is 49.4 Å². The van der Waals surface area contributed by atoms with Gasteiger partial charge in [0.05, 0.1) is 22.0 Å². The molecule has 33 heavy (non-hydrogen) atoms. The van der Waals surface area contributed by atoms with Crippen molar-refractivity contribution in [3.63, 3.8) is 0 Å². The summed E-state index contributed by atoms with van der Waals surface area (Å²) in [5.41, 5.74) is 4.29. The largest absolute Gasteiger partial charge is 0.345 e. The van der Waals surface area contributed by atoms with Crippen LogP contribution in [0.15, 0.2) is 77.7 Å². The summed E-state index contributed by atoms with van der Waals surface area (Å²) in [7, 11) is -3.22. The van der Waals surface area contributed by atoms with Crippen LogP contribution in [0.5, 0.6) is 0 Å². The Morgan fingerprint density at radius 3 is 2.36 bits per heavy atom. The molecule has 0 bridgehead atoms. The molecule has 6 nitrogen and oxygen atoms in total. The van der Waals surface area contributed by atoms with Crippen LogP contribution < -0.4 is 5.32 Å². The van der Waals surface area contributed by atoms with Crippen molar-refractivity contribution >= 4 is 26.8 Å². The highest BCUT2D eigenvalue weighted by molar-refractivity contribution is 7.90. The van der Waals surface area contributed by atoms with Crippen molar-refractivity contribution in [3.8, 4) is 0 Å². The Kier molecular flexibility index (Phi) is 6.33. The normalized spacial score (nSPS) is 12.6. The van der Waals surface area contributed by atoms with Crippen molar-refractivity contribution in [3.05, 3.63) is 95.3 Å². The standard InChI is InChI=1S/C26H27N3O3S/c1-4-23(20-8-6-5-7-9-20)28-26(30)21-12-15-25-24(16-21)27-18(2)29(25)17-19-10-13-22(14-11-19)33(3,31)32/h5-16,23H,4,17H2,1-3H3,(H,28,30)/t23-/m1/s1. The molecule has 0 aliphatic rings. The van der Waals surface area contributed by atoms with Gasteiger partial charge >= 0.3 is 0 Å². The molecule has 1 amide bonds. The minimum Gasteiger partial charge on any atom is -0.345 e. The number of carbonyl (C=O) groups excluding carboxylic acids is 1. The van der Waals surface area contributed by atoms with Gasteiger partial charge in [-0.25, -0.2) is 13.4 Å². The number of fused-ring (bicyclic) bond motifs is 1. The van der Waals surface area contributed by atoms with Crippen molar-refractivity contribution in [1.82, 2.24) is 14.9 Å². The quantitative estimate of drug-likeness (QED) is 0.433. The van der Waals surface area contributed by atoms with Crippen LogP contribution in [0, 0.1) is 6.92 Å². The van der Waals surface area contributed by atoms with E-state index in [9.17, 15) is 13.2 Å². The second kappa shape index (κ2) is 9.19. The van der Waals surface area contributed by atoms with Crippen LogP contribution in [-0.4, -0.2) is 30.1 Å². The van der Waals surface area contributed by atoms with Crippen molar-refractivity contribution in [2.75, 3.05) is 6.26 Å². The van der Waals surface area contributed by atoms with Crippen molar-refractivity contribution in [2.24, 2.45) is 0 Å². The highest BCUT2D eigenvalue weighted by Gasteiger charge is 2.16. The maximum atomic E-state index is 12.9. The average Bonchev–Trinajstić information content (AvgIpc) is 3.11. The maximum Gasteiger partial charge on any atom is 0.251 e. The number of hydrogen-bond donors (Lipinski definition) is 1. The van der Waals surface area contributed by atoms with Crippen LogP contribution in [0.4, 0.5) is 0 Å². The van der Waals surface area contributed by atoms with E-state index in [1.54, 1.807) is 12.1 Å². The average molecular weight is 462 g/mol.